The number of hydrogen-bond acceptors (Lipinski definition) is 4. The van der Waals surface area contributed by atoms with Crippen LogP contribution in [0.15, 0.2) is 23.3 Å². The molecule has 86 valence electrons. The number of nitrogen functional groups attached to an aromatic ring is 1. The third-order valence-electron chi connectivity index (χ3n) is 2.06. The van der Waals surface area contributed by atoms with E-state index in [1.807, 2.05) is 0 Å². The maximum absolute atomic E-state index is 9.75. The highest BCUT2D eigenvalue weighted by molar-refractivity contribution is 6.30. The number of aliphatic hydroxyl groups excluding tert-OH is 2. The second-order valence-corrected chi connectivity index (χ2v) is 3.64. The fourth-order valence-electron chi connectivity index (χ4n) is 1.23. The molecule has 1 rings (SSSR count). The summed E-state index contributed by atoms with van der Waals surface area (Å²) in [5.74, 6) is 0. The Hall–Kier alpha value is -1.46. The highest BCUT2D eigenvalue weighted by atomic mass is 35.5. The molecule has 6 nitrogen and oxygen atoms in total. The van der Waals surface area contributed by atoms with E-state index in [0.29, 0.717) is 16.3 Å². The third-order valence-corrected chi connectivity index (χ3v) is 2.30. The molecule has 16 heavy (non-hydrogen) atoms. The Morgan fingerprint density at radius 3 is 2.81 bits per heavy atom. The third kappa shape index (κ3) is 3.01. The quantitative estimate of drug-likeness (QED) is 0.322. The summed E-state index contributed by atoms with van der Waals surface area (Å²) in [6.45, 7) is -0.233. The summed E-state index contributed by atoms with van der Waals surface area (Å²) >= 11 is 5.74. The zero-order valence-electron chi connectivity index (χ0n) is 8.29. The predicted octanol–water partition coefficient (Wildman–Crippen LogP) is 1.63. The molecule has 0 aromatic heterocycles. The van der Waals surface area contributed by atoms with Crippen LogP contribution in [0.25, 0.3) is 10.4 Å². The maximum atomic E-state index is 9.75. The zero-order chi connectivity index (χ0) is 12.1. The molecule has 0 aliphatic heterocycles. The second-order valence-electron chi connectivity index (χ2n) is 3.20. The van der Waals surface area contributed by atoms with Crippen molar-refractivity contribution in [3.8, 4) is 0 Å². The lowest BCUT2D eigenvalue weighted by Gasteiger charge is -2.18. The smallest absolute Gasteiger partial charge is 0.107 e. The topological polar surface area (TPSA) is 115 Å². The van der Waals surface area contributed by atoms with Gasteiger partial charge in [-0.1, -0.05) is 16.7 Å². The molecule has 2 unspecified atom stereocenters. The molecule has 7 heteroatoms. The van der Waals surface area contributed by atoms with E-state index in [1.54, 1.807) is 6.07 Å². The molecule has 0 fully saturated rings. The molecule has 0 bridgehead atoms. The normalized spacial score (nSPS) is 13.9. The van der Waals surface area contributed by atoms with Gasteiger partial charge in [-0.05, 0) is 23.7 Å². The van der Waals surface area contributed by atoms with E-state index in [4.69, 9.17) is 22.9 Å². The molecule has 0 saturated heterocycles. The maximum Gasteiger partial charge on any atom is 0.107 e. The van der Waals surface area contributed by atoms with Crippen LogP contribution in [0.2, 0.25) is 5.02 Å². The summed E-state index contributed by atoms with van der Waals surface area (Å²) in [5.41, 5.74) is 14.3. The van der Waals surface area contributed by atoms with Crippen molar-refractivity contribution in [3.05, 3.63) is 39.2 Å². The monoisotopic (exact) mass is 242 g/mol. The van der Waals surface area contributed by atoms with Crippen LogP contribution in [0.4, 0.5) is 5.69 Å². The Bertz CT molecular complexity index is 420. The van der Waals surface area contributed by atoms with E-state index in [1.165, 1.54) is 12.1 Å². The number of azide groups is 1. The van der Waals surface area contributed by atoms with Gasteiger partial charge in [0.2, 0.25) is 0 Å². The standard InChI is InChI=1S/C9H11ClN4O2/c10-5-1-2-7(11)6(3-5)9(16)8(15)4-13-14-12/h1-3,8-9,15-16H,4,11H2. The number of anilines is 1. The van der Waals surface area contributed by atoms with Crippen molar-refractivity contribution in [1.29, 1.82) is 0 Å². The SMILES string of the molecule is [N-]=[N+]=NCC(O)C(O)c1cc(Cl)ccc1N. The highest BCUT2D eigenvalue weighted by Crippen LogP contribution is 2.26. The van der Waals surface area contributed by atoms with Crippen molar-refractivity contribution in [1.82, 2.24) is 0 Å². The number of aliphatic hydroxyl groups is 2. The highest BCUT2D eigenvalue weighted by Gasteiger charge is 2.20. The van der Waals surface area contributed by atoms with Crippen molar-refractivity contribution < 1.29 is 10.2 Å². The first-order chi connectivity index (χ1) is 7.56. The average molecular weight is 243 g/mol. The van der Waals surface area contributed by atoms with Crippen LogP contribution in [0.1, 0.15) is 11.7 Å². The average Bonchev–Trinajstić information content (AvgIpc) is 2.28. The largest absolute Gasteiger partial charge is 0.398 e. The lowest BCUT2D eigenvalue weighted by atomic mass is 10.0. The van der Waals surface area contributed by atoms with Crippen LogP contribution in [0, 0.1) is 0 Å². The van der Waals surface area contributed by atoms with Crippen LogP contribution in [0.5, 0.6) is 0 Å². The van der Waals surface area contributed by atoms with Crippen LogP contribution in [0.3, 0.4) is 0 Å². The predicted molar refractivity (Wildman–Crippen MR) is 60.8 cm³/mol. The first-order valence-corrected chi connectivity index (χ1v) is 4.86. The van der Waals surface area contributed by atoms with E-state index in [-0.39, 0.29) is 6.54 Å². The minimum atomic E-state index is -1.23. The van der Waals surface area contributed by atoms with Crippen molar-refractivity contribution in [3.63, 3.8) is 0 Å². The number of nitrogens with zero attached hydrogens (tertiary/aromatic N) is 3. The van der Waals surface area contributed by atoms with E-state index in [9.17, 15) is 10.2 Å². The Balaban J connectivity index is 2.90. The van der Waals surface area contributed by atoms with E-state index < -0.39 is 12.2 Å². The Labute approximate surface area is 96.9 Å². The molecule has 2 atom stereocenters. The molecule has 0 saturated carbocycles. The summed E-state index contributed by atoms with van der Waals surface area (Å²) in [4.78, 5) is 2.49. The number of rotatable bonds is 4. The summed E-state index contributed by atoms with van der Waals surface area (Å²) < 4.78 is 0. The number of nitrogens with two attached hydrogens (primary N) is 1. The molecular weight excluding hydrogens is 232 g/mol. The van der Waals surface area contributed by atoms with Gasteiger partial charge in [-0.15, -0.1) is 0 Å². The van der Waals surface area contributed by atoms with Crippen LogP contribution >= 0.6 is 11.6 Å². The summed E-state index contributed by atoms with van der Waals surface area (Å²) in [6, 6.07) is 4.56. The van der Waals surface area contributed by atoms with Crippen LogP contribution in [-0.2, 0) is 0 Å². The van der Waals surface area contributed by atoms with Gasteiger partial charge in [0.15, 0.2) is 0 Å². The minimum Gasteiger partial charge on any atom is -0.398 e. The van der Waals surface area contributed by atoms with Gasteiger partial charge in [-0.25, -0.2) is 0 Å². The minimum absolute atomic E-state index is 0.233. The van der Waals surface area contributed by atoms with E-state index in [2.05, 4.69) is 10.0 Å². The zero-order valence-corrected chi connectivity index (χ0v) is 9.04. The first-order valence-electron chi connectivity index (χ1n) is 4.48. The molecule has 4 N–H and O–H groups in total. The van der Waals surface area contributed by atoms with Gasteiger partial charge in [0.05, 0.1) is 12.6 Å². The van der Waals surface area contributed by atoms with Crippen molar-refractivity contribution >= 4 is 17.3 Å². The van der Waals surface area contributed by atoms with Gasteiger partial charge in [-0.2, -0.15) is 0 Å². The number of hydrogen-bond donors (Lipinski definition) is 3. The van der Waals surface area contributed by atoms with E-state index >= 15 is 0 Å². The molecular formula is C9H11ClN4O2. The lowest BCUT2D eigenvalue weighted by molar-refractivity contribution is 0.0248. The Kier molecular flexibility index (Phi) is 4.39. The van der Waals surface area contributed by atoms with Crippen molar-refractivity contribution in [2.75, 3.05) is 12.3 Å². The van der Waals surface area contributed by atoms with Crippen molar-refractivity contribution in [2.45, 2.75) is 12.2 Å². The molecule has 0 radical (unpaired) electrons. The van der Waals surface area contributed by atoms with E-state index in [0.717, 1.165) is 0 Å². The van der Waals surface area contributed by atoms with Crippen molar-refractivity contribution in [2.24, 2.45) is 5.11 Å². The number of halogens is 1. The van der Waals surface area contributed by atoms with Crippen LogP contribution in [-0.4, -0.2) is 22.9 Å². The second kappa shape index (κ2) is 5.58. The molecule has 1 aromatic carbocycles. The molecule has 0 aliphatic rings. The molecule has 0 aliphatic carbocycles. The molecule has 0 spiro atoms. The Morgan fingerprint density at radius 2 is 2.19 bits per heavy atom. The lowest BCUT2D eigenvalue weighted by Crippen LogP contribution is -2.22. The summed E-state index contributed by atoms with van der Waals surface area (Å²) in [5, 5.41) is 22.8. The van der Waals surface area contributed by atoms with Gasteiger partial charge in [-0.3, -0.25) is 0 Å². The molecule has 0 amide bonds. The summed E-state index contributed by atoms with van der Waals surface area (Å²) in [6.07, 6.45) is -2.44. The first kappa shape index (κ1) is 12.6. The fourth-order valence-corrected chi connectivity index (χ4v) is 1.41. The van der Waals surface area contributed by atoms with Gasteiger partial charge in [0.25, 0.3) is 0 Å². The number of benzene rings is 1. The fraction of sp³-hybridized carbons (Fsp3) is 0.333. The van der Waals surface area contributed by atoms with Gasteiger partial charge < -0.3 is 15.9 Å². The Morgan fingerprint density at radius 1 is 1.50 bits per heavy atom. The van der Waals surface area contributed by atoms with Gasteiger partial charge >= 0.3 is 0 Å². The summed E-state index contributed by atoms with van der Waals surface area (Å²) in [7, 11) is 0. The van der Waals surface area contributed by atoms with Gasteiger partial charge in [0, 0.05) is 21.2 Å². The van der Waals surface area contributed by atoms with Gasteiger partial charge in [0.1, 0.15) is 6.10 Å². The molecule has 1 aromatic rings. The molecule has 0 heterocycles. The van der Waals surface area contributed by atoms with Crippen LogP contribution < -0.4 is 5.73 Å².